The zero-order valence-corrected chi connectivity index (χ0v) is 14.3. The third-order valence-corrected chi connectivity index (χ3v) is 6.98. The number of aryl methyl sites for hydroxylation is 1. The summed E-state index contributed by atoms with van der Waals surface area (Å²) in [5.41, 5.74) is 1.86. The van der Waals surface area contributed by atoms with Crippen LogP contribution in [0.2, 0.25) is 0 Å². The lowest BCUT2D eigenvalue weighted by molar-refractivity contribution is -0.160. The highest BCUT2D eigenvalue weighted by atomic mass is 16.5. The van der Waals surface area contributed by atoms with Crippen molar-refractivity contribution in [2.75, 3.05) is 7.11 Å². The third-order valence-electron chi connectivity index (χ3n) is 6.98. The number of rotatable bonds is 2. The lowest BCUT2D eigenvalue weighted by Crippen LogP contribution is -2.54. The van der Waals surface area contributed by atoms with Crippen LogP contribution in [0.4, 0.5) is 0 Å². The van der Waals surface area contributed by atoms with Crippen molar-refractivity contribution in [2.24, 2.45) is 23.7 Å². The van der Waals surface area contributed by atoms with E-state index in [0.717, 1.165) is 25.7 Å². The first-order chi connectivity index (χ1) is 11.6. The largest absolute Gasteiger partial charge is 0.469 e. The Bertz CT molecular complexity index is 667. The van der Waals surface area contributed by atoms with Crippen molar-refractivity contribution >= 4 is 5.97 Å². The van der Waals surface area contributed by atoms with E-state index < -0.39 is 5.60 Å². The quantitative estimate of drug-likeness (QED) is 0.669. The first kappa shape index (κ1) is 15.9. The van der Waals surface area contributed by atoms with Crippen LogP contribution >= 0.6 is 0 Å². The average Bonchev–Trinajstić information content (AvgIpc) is 2.96. The number of fused-ring (bicyclic) bond motifs is 5. The van der Waals surface area contributed by atoms with Crippen molar-refractivity contribution in [1.82, 2.24) is 0 Å². The highest BCUT2D eigenvalue weighted by Gasteiger charge is 2.60. The second kappa shape index (κ2) is 5.73. The standard InChI is InChI=1S/C21H26O3/c1-3-14-9-11-18-16-10-8-13-6-4-5-7-15(13)19(16)17(20(22)24-2)12-21(14,18)23/h3-7,14,16-19,23H,1,8-12H2,2H3/t14-,16+,17-,18+,19-,21-/m0/s1. The smallest absolute Gasteiger partial charge is 0.309 e. The van der Waals surface area contributed by atoms with Crippen LogP contribution in [0, 0.1) is 23.7 Å². The molecule has 3 aliphatic rings. The van der Waals surface area contributed by atoms with E-state index >= 15 is 0 Å². The summed E-state index contributed by atoms with van der Waals surface area (Å²) in [6.07, 6.45) is 6.48. The molecule has 1 aromatic carbocycles. The number of hydrogen-bond donors (Lipinski definition) is 1. The molecule has 0 spiro atoms. The SMILES string of the molecule is C=C[C@H]1CC[C@@H]2[C@H]3CCc4ccccc4[C@@H]3[C@@H](C(=O)OC)C[C@@]21O. The third kappa shape index (κ3) is 2.10. The minimum absolute atomic E-state index is 0.0905. The van der Waals surface area contributed by atoms with Gasteiger partial charge in [0.15, 0.2) is 0 Å². The lowest BCUT2D eigenvalue weighted by Gasteiger charge is -2.52. The fraction of sp³-hybridized carbons (Fsp3) is 0.571. The maximum absolute atomic E-state index is 12.6. The second-order valence-corrected chi connectivity index (χ2v) is 7.78. The number of esters is 1. The predicted octanol–water partition coefficient (Wildman–Crippen LogP) is 3.47. The van der Waals surface area contributed by atoms with Gasteiger partial charge in [-0.15, -0.1) is 6.58 Å². The summed E-state index contributed by atoms with van der Waals surface area (Å²) in [6.45, 7) is 3.93. The van der Waals surface area contributed by atoms with E-state index in [4.69, 9.17) is 4.74 Å². The van der Waals surface area contributed by atoms with Gasteiger partial charge in [-0.2, -0.15) is 0 Å². The molecule has 0 unspecified atom stereocenters. The molecule has 4 rings (SSSR count). The number of aliphatic hydroxyl groups is 1. The van der Waals surface area contributed by atoms with Gasteiger partial charge in [-0.25, -0.2) is 0 Å². The van der Waals surface area contributed by atoms with Gasteiger partial charge in [0, 0.05) is 11.8 Å². The van der Waals surface area contributed by atoms with Crippen LogP contribution in [0.5, 0.6) is 0 Å². The maximum Gasteiger partial charge on any atom is 0.309 e. The maximum atomic E-state index is 12.6. The van der Waals surface area contributed by atoms with E-state index in [0.29, 0.717) is 12.3 Å². The van der Waals surface area contributed by atoms with E-state index in [1.165, 1.54) is 18.2 Å². The summed E-state index contributed by atoms with van der Waals surface area (Å²) in [6, 6.07) is 8.50. The van der Waals surface area contributed by atoms with Crippen molar-refractivity contribution < 1.29 is 14.6 Å². The zero-order valence-electron chi connectivity index (χ0n) is 14.3. The summed E-state index contributed by atoms with van der Waals surface area (Å²) in [5.74, 6) is 0.447. The number of benzene rings is 1. The Balaban J connectivity index is 1.81. The van der Waals surface area contributed by atoms with Gasteiger partial charge < -0.3 is 9.84 Å². The van der Waals surface area contributed by atoms with Gasteiger partial charge >= 0.3 is 5.97 Å². The monoisotopic (exact) mass is 326 g/mol. The number of carbonyl (C=O) groups is 1. The molecular formula is C21H26O3. The van der Waals surface area contributed by atoms with E-state index in [1.807, 2.05) is 6.08 Å². The molecule has 0 aliphatic heterocycles. The van der Waals surface area contributed by atoms with Gasteiger partial charge in [-0.3, -0.25) is 4.79 Å². The molecular weight excluding hydrogens is 300 g/mol. The van der Waals surface area contributed by atoms with Gasteiger partial charge in [-0.05, 0) is 55.1 Å². The molecule has 2 fully saturated rings. The first-order valence-electron chi connectivity index (χ1n) is 9.10. The van der Waals surface area contributed by atoms with Crippen LogP contribution < -0.4 is 0 Å². The summed E-state index contributed by atoms with van der Waals surface area (Å²) in [4.78, 5) is 12.6. The summed E-state index contributed by atoms with van der Waals surface area (Å²) in [5, 5.41) is 11.5. The van der Waals surface area contributed by atoms with E-state index in [1.54, 1.807) is 0 Å². The van der Waals surface area contributed by atoms with Gasteiger partial charge in [0.2, 0.25) is 0 Å². The van der Waals surface area contributed by atoms with Crippen LogP contribution in [0.3, 0.4) is 0 Å². The van der Waals surface area contributed by atoms with Crippen molar-refractivity contribution in [2.45, 2.75) is 43.6 Å². The topological polar surface area (TPSA) is 46.5 Å². The van der Waals surface area contributed by atoms with Crippen LogP contribution in [0.15, 0.2) is 36.9 Å². The molecule has 3 aliphatic carbocycles. The molecule has 0 radical (unpaired) electrons. The summed E-state index contributed by atoms with van der Waals surface area (Å²) in [7, 11) is 1.46. The van der Waals surface area contributed by atoms with Gasteiger partial charge in [0.05, 0.1) is 18.6 Å². The minimum Gasteiger partial charge on any atom is -0.469 e. The molecule has 6 atom stereocenters. The highest BCUT2D eigenvalue weighted by Crippen LogP contribution is 2.60. The number of methoxy groups -OCH3 is 1. The van der Waals surface area contributed by atoms with Crippen molar-refractivity contribution in [3.63, 3.8) is 0 Å². The number of ether oxygens (including phenoxy) is 1. The molecule has 0 saturated heterocycles. The molecule has 0 heterocycles. The van der Waals surface area contributed by atoms with Gasteiger partial charge in [-0.1, -0.05) is 30.3 Å². The fourth-order valence-corrected chi connectivity index (χ4v) is 5.99. The lowest BCUT2D eigenvalue weighted by atomic mass is 9.54. The van der Waals surface area contributed by atoms with Crippen LogP contribution in [-0.2, 0) is 16.0 Å². The molecule has 24 heavy (non-hydrogen) atoms. The Hall–Kier alpha value is -1.61. The average molecular weight is 326 g/mol. The number of hydrogen-bond acceptors (Lipinski definition) is 3. The van der Waals surface area contributed by atoms with E-state index in [2.05, 4.69) is 30.8 Å². The first-order valence-corrected chi connectivity index (χ1v) is 9.10. The molecule has 0 bridgehead atoms. The molecule has 1 aromatic rings. The molecule has 3 nitrogen and oxygen atoms in total. The highest BCUT2D eigenvalue weighted by molar-refractivity contribution is 5.74. The molecule has 3 heteroatoms. The molecule has 1 N–H and O–H groups in total. The Kier molecular flexibility index (Phi) is 3.80. The molecule has 0 aromatic heterocycles. The number of carbonyl (C=O) groups excluding carboxylic acids is 1. The Morgan fingerprint density at radius 1 is 1.33 bits per heavy atom. The normalized spacial score (nSPS) is 40.2. The van der Waals surface area contributed by atoms with Gasteiger partial charge in [0.1, 0.15) is 0 Å². The van der Waals surface area contributed by atoms with Crippen LogP contribution in [0.1, 0.15) is 42.7 Å². The van der Waals surface area contributed by atoms with Crippen LogP contribution in [-0.4, -0.2) is 23.8 Å². The molecule has 128 valence electrons. The second-order valence-electron chi connectivity index (χ2n) is 7.78. The van der Waals surface area contributed by atoms with E-state index in [9.17, 15) is 9.90 Å². The fourth-order valence-electron chi connectivity index (χ4n) is 5.99. The van der Waals surface area contributed by atoms with E-state index in [-0.39, 0.29) is 29.6 Å². The summed E-state index contributed by atoms with van der Waals surface area (Å²) >= 11 is 0. The molecule has 0 amide bonds. The van der Waals surface area contributed by atoms with Gasteiger partial charge in [0.25, 0.3) is 0 Å². The Morgan fingerprint density at radius 3 is 2.88 bits per heavy atom. The molecule has 2 saturated carbocycles. The summed E-state index contributed by atoms with van der Waals surface area (Å²) < 4.78 is 5.14. The zero-order chi connectivity index (χ0) is 16.9. The van der Waals surface area contributed by atoms with Crippen molar-refractivity contribution in [1.29, 1.82) is 0 Å². The minimum atomic E-state index is -0.798. The Morgan fingerprint density at radius 2 is 2.12 bits per heavy atom. The predicted molar refractivity (Wildman–Crippen MR) is 92.5 cm³/mol. The van der Waals surface area contributed by atoms with Crippen molar-refractivity contribution in [3.8, 4) is 0 Å². The van der Waals surface area contributed by atoms with Crippen LogP contribution in [0.25, 0.3) is 0 Å². The Labute approximate surface area is 143 Å². The van der Waals surface area contributed by atoms with Crippen molar-refractivity contribution in [3.05, 3.63) is 48.0 Å².